The quantitative estimate of drug-likeness (QED) is 0.0713. The van der Waals surface area contributed by atoms with E-state index in [1.807, 2.05) is 60.7 Å². The Hall–Kier alpha value is -3.97. The topological polar surface area (TPSA) is 93.7 Å². The van der Waals surface area contributed by atoms with Crippen LogP contribution in [0.3, 0.4) is 0 Å². The van der Waals surface area contributed by atoms with Crippen molar-refractivity contribution in [3.63, 3.8) is 0 Å². The first-order chi connectivity index (χ1) is 21.6. The minimum absolute atomic E-state index is 0.00383. The van der Waals surface area contributed by atoms with Crippen LogP contribution in [0.5, 0.6) is 0 Å². The Kier molecular flexibility index (Phi) is 17.0. The summed E-state index contributed by atoms with van der Waals surface area (Å²) in [6.07, 6.45) is 11.9. The molecule has 0 saturated heterocycles. The number of benzene rings is 3. The zero-order chi connectivity index (χ0) is 31.1. The van der Waals surface area contributed by atoms with Crippen molar-refractivity contribution in [2.24, 2.45) is 0 Å². The number of unbranched alkanes of at least 4 members (excludes halogenated alkanes) is 8. The second kappa shape index (κ2) is 21.7. The number of carbonyl (C=O) groups excluding carboxylic acids is 3. The number of amides is 2. The maximum atomic E-state index is 12.9. The number of hydroxylamine groups is 1. The minimum atomic E-state index is -0.899. The standard InChI is InChI=1S/C37H48N2O5/c40-35(26-18-7-5-3-1-2-4-6-11-19-31-20-12-8-13-21-31)38-34(37(42)39-44-30-33-24-16-10-17-25-33)27-28-36(41)43-29-32-22-14-9-15-23-32/h8-10,12-17,20-25,34H,1-7,11,18-19,26-30H2,(H,38,40)(H,39,42)/t34-/m1/s1. The number of aryl methyl sites for hydroxylation is 1. The van der Waals surface area contributed by atoms with Crippen molar-refractivity contribution in [3.8, 4) is 0 Å². The number of carbonyl (C=O) groups is 3. The summed E-state index contributed by atoms with van der Waals surface area (Å²) in [5.74, 6) is -1.12. The summed E-state index contributed by atoms with van der Waals surface area (Å²) < 4.78 is 5.34. The zero-order valence-electron chi connectivity index (χ0n) is 25.9. The normalized spacial score (nSPS) is 11.5. The summed E-state index contributed by atoms with van der Waals surface area (Å²) >= 11 is 0. The van der Waals surface area contributed by atoms with Gasteiger partial charge in [0.1, 0.15) is 12.6 Å². The van der Waals surface area contributed by atoms with E-state index in [1.54, 1.807) is 0 Å². The lowest BCUT2D eigenvalue weighted by Gasteiger charge is -2.18. The van der Waals surface area contributed by atoms with Crippen molar-refractivity contribution >= 4 is 17.8 Å². The van der Waals surface area contributed by atoms with Crippen molar-refractivity contribution in [2.45, 2.75) is 103 Å². The van der Waals surface area contributed by atoms with Gasteiger partial charge in [-0.05, 0) is 42.4 Å². The maximum Gasteiger partial charge on any atom is 0.306 e. The zero-order valence-corrected chi connectivity index (χ0v) is 25.9. The van der Waals surface area contributed by atoms with Gasteiger partial charge in [0, 0.05) is 12.8 Å². The number of esters is 1. The summed E-state index contributed by atoms with van der Waals surface area (Å²) in [6.45, 7) is 0.359. The minimum Gasteiger partial charge on any atom is -0.461 e. The van der Waals surface area contributed by atoms with E-state index >= 15 is 0 Å². The third-order valence-corrected chi connectivity index (χ3v) is 7.50. The lowest BCUT2D eigenvalue weighted by Crippen LogP contribution is -2.46. The Morgan fingerprint density at radius 3 is 1.66 bits per heavy atom. The number of nitrogens with one attached hydrogen (secondary N) is 2. The third kappa shape index (κ3) is 15.5. The summed E-state index contributed by atoms with van der Waals surface area (Å²) in [5.41, 5.74) is 5.64. The van der Waals surface area contributed by atoms with Gasteiger partial charge >= 0.3 is 5.97 Å². The van der Waals surface area contributed by atoms with Crippen molar-refractivity contribution in [1.29, 1.82) is 0 Å². The van der Waals surface area contributed by atoms with Crippen LogP contribution in [0.4, 0.5) is 0 Å². The summed E-state index contributed by atoms with van der Waals surface area (Å²) in [7, 11) is 0. The lowest BCUT2D eigenvalue weighted by molar-refractivity contribution is -0.146. The molecule has 0 radical (unpaired) electrons. The van der Waals surface area contributed by atoms with E-state index in [2.05, 4.69) is 41.1 Å². The van der Waals surface area contributed by atoms with Crippen LogP contribution in [0.2, 0.25) is 0 Å². The Morgan fingerprint density at radius 2 is 1.07 bits per heavy atom. The van der Waals surface area contributed by atoms with Crippen LogP contribution in [-0.2, 0) is 43.6 Å². The SMILES string of the molecule is O=C(CCCCCCCCCCCc1ccccc1)N[C@H](CCC(=O)OCc1ccccc1)C(=O)NOCc1ccccc1. The van der Waals surface area contributed by atoms with Gasteiger partial charge in [-0.2, -0.15) is 0 Å². The van der Waals surface area contributed by atoms with Crippen LogP contribution in [0.25, 0.3) is 0 Å². The molecule has 0 bridgehead atoms. The van der Waals surface area contributed by atoms with Crippen LogP contribution in [0, 0.1) is 0 Å². The van der Waals surface area contributed by atoms with Gasteiger partial charge < -0.3 is 10.1 Å². The van der Waals surface area contributed by atoms with Crippen LogP contribution < -0.4 is 10.8 Å². The molecule has 2 amide bonds. The fourth-order valence-electron chi connectivity index (χ4n) is 4.94. The molecule has 0 aliphatic carbocycles. The Morgan fingerprint density at radius 1 is 0.568 bits per heavy atom. The Bertz CT molecular complexity index is 1200. The number of hydrogen-bond acceptors (Lipinski definition) is 5. The van der Waals surface area contributed by atoms with E-state index in [-0.39, 0.29) is 32.0 Å². The second-order valence-corrected chi connectivity index (χ2v) is 11.2. The second-order valence-electron chi connectivity index (χ2n) is 11.2. The first kappa shape index (κ1) is 34.5. The molecule has 0 saturated carbocycles. The van der Waals surface area contributed by atoms with E-state index in [0.29, 0.717) is 6.42 Å². The Balaban J connectivity index is 1.30. The van der Waals surface area contributed by atoms with Gasteiger partial charge in [-0.1, -0.05) is 136 Å². The predicted octanol–water partition coefficient (Wildman–Crippen LogP) is 7.39. The highest BCUT2D eigenvalue weighted by atomic mass is 16.6. The number of hydrogen-bond donors (Lipinski definition) is 2. The van der Waals surface area contributed by atoms with Crippen LogP contribution in [-0.4, -0.2) is 23.8 Å². The molecule has 0 aliphatic heterocycles. The molecule has 3 rings (SSSR count). The smallest absolute Gasteiger partial charge is 0.306 e. The third-order valence-electron chi connectivity index (χ3n) is 7.50. The van der Waals surface area contributed by atoms with Gasteiger partial charge in [0.15, 0.2) is 0 Å². The van der Waals surface area contributed by atoms with Gasteiger partial charge in [-0.3, -0.25) is 19.2 Å². The fraction of sp³-hybridized carbons (Fsp3) is 0.432. The fourth-order valence-corrected chi connectivity index (χ4v) is 4.94. The predicted molar refractivity (Wildman–Crippen MR) is 173 cm³/mol. The van der Waals surface area contributed by atoms with Gasteiger partial charge in [0.2, 0.25) is 5.91 Å². The molecular weight excluding hydrogens is 552 g/mol. The highest BCUT2D eigenvalue weighted by molar-refractivity contribution is 5.87. The molecule has 44 heavy (non-hydrogen) atoms. The maximum absolute atomic E-state index is 12.9. The lowest BCUT2D eigenvalue weighted by atomic mass is 10.0. The summed E-state index contributed by atoms with van der Waals surface area (Å²) in [5, 5.41) is 2.80. The molecule has 0 spiro atoms. The Labute approximate surface area is 262 Å². The van der Waals surface area contributed by atoms with Crippen molar-refractivity contribution < 1.29 is 24.0 Å². The van der Waals surface area contributed by atoms with Crippen LogP contribution in [0.1, 0.15) is 93.7 Å². The van der Waals surface area contributed by atoms with Gasteiger partial charge in [-0.15, -0.1) is 0 Å². The van der Waals surface area contributed by atoms with Gasteiger partial charge in [0.05, 0.1) is 6.61 Å². The highest BCUT2D eigenvalue weighted by Gasteiger charge is 2.22. The molecule has 1 atom stereocenters. The molecular formula is C37H48N2O5. The monoisotopic (exact) mass is 600 g/mol. The molecule has 2 N–H and O–H groups in total. The van der Waals surface area contributed by atoms with Crippen molar-refractivity contribution in [1.82, 2.24) is 10.8 Å². The van der Waals surface area contributed by atoms with Gasteiger partial charge in [0.25, 0.3) is 5.91 Å². The van der Waals surface area contributed by atoms with Crippen molar-refractivity contribution in [2.75, 3.05) is 0 Å². The molecule has 0 aliphatic rings. The molecule has 3 aromatic rings. The molecule has 3 aromatic carbocycles. The average molecular weight is 601 g/mol. The molecule has 0 aromatic heterocycles. The van der Waals surface area contributed by atoms with E-state index in [0.717, 1.165) is 36.8 Å². The summed E-state index contributed by atoms with van der Waals surface area (Å²) in [6, 6.07) is 28.6. The number of ether oxygens (including phenoxy) is 1. The van der Waals surface area contributed by atoms with E-state index < -0.39 is 17.9 Å². The molecule has 236 valence electrons. The summed E-state index contributed by atoms with van der Waals surface area (Å²) in [4.78, 5) is 43.3. The van der Waals surface area contributed by atoms with E-state index in [4.69, 9.17) is 9.57 Å². The number of rotatable bonds is 22. The average Bonchev–Trinajstić information content (AvgIpc) is 3.06. The molecule has 0 heterocycles. The first-order valence-corrected chi connectivity index (χ1v) is 16.1. The van der Waals surface area contributed by atoms with Crippen LogP contribution >= 0.6 is 0 Å². The van der Waals surface area contributed by atoms with E-state index in [1.165, 1.54) is 44.1 Å². The molecule has 0 unspecified atom stereocenters. The van der Waals surface area contributed by atoms with Crippen molar-refractivity contribution in [3.05, 3.63) is 108 Å². The first-order valence-electron chi connectivity index (χ1n) is 16.1. The molecule has 7 heteroatoms. The largest absolute Gasteiger partial charge is 0.461 e. The molecule has 0 fully saturated rings. The van der Waals surface area contributed by atoms with E-state index in [9.17, 15) is 14.4 Å². The van der Waals surface area contributed by atoms with Gasteiger partial charge in [-0.25, -0.2) is 5.48 Å². The highest BCUT2D eigenvalue weighted by Crippen LogP contribution is 2.13. The van der Waals surface area contributed by atoms with Crippen LogP contribution in [0.15, 0.2) is 91.0 Å². The molecule has 7 nitrogen and oxygen atoms in total.